The minimum absolute atomic E-state index is 0.0613. The van der Waals surface area contributed by atoms with Crippen molar-refractivity contribution in [1.29, 1.82) is 0 Å². The first kappa shape index (κ1) is 56.8. The van der Waals surface area contributed by atoms with Crippen LogP contribution in [0.25, 0.3) is 0 Å². The van der Waals surface area contributed by atoms with Crippen LogP contribution in [0.4, 0.5) is 0 Å². The van der Waals surface area contributed by atoms with E-state index in [1.165, 1.54) is 64.2 Å². The Morgan fingerprint density at radius 1 is 0.565 bits per heavy atom. The summed E-state index contributed by atoms with van der Waals surface area (Å²) in [7, 11) is -4.62. The van der Waals surface area contributed by atoms with E-state index in [9.17, 15) is 37.9 Å². The van der Waals surface area contributed by atoms with Gasteiger partial charge in [-0.05, 0) is 64.2 Å². The average molecular weight is 893 g/mol. The van der Waals surface area contributed by atoms with E-state index in [1.54, 1.807) is 0 Å². The molecule has 62 heavy (non-hydrogen) atoms. The predicted octanol–water partition coefficient (Wildman–Crippen LogP) is 9.67. The highest BCUT2D eigenvalue weighted by Gasteiger charge is 2.46. The zero-order valence-electron chi connectivity index (χ0n) is 37.7. The Morgan fingerprint density at radius 2 is 1.02 bits per heavy atom. The fraction of sp³-hybridized carbons (Fsp3) is 0.673. The number of esters is 2. The van der Waals surface area contributed by atoms with Gasteiger partial charge in [0.1, 0.15) is 36.8 Å². The van der Waals surface area contributed by atoms with E-state index in [2.05, 4.69) is 80.7 Å². The maximum absolute atomic E-state index is 12.8. The fourth-order valence-corrected chi connectivity index (χ4v) is 7.12. The molecule has 0 amide bonds. The van der Waals surface area contributed by atoms with Crippen molar-refractivity contribution >= 4 is 22.1 Å². The van der Waals surface area contributed by atoms with Crippen LogP contribution in [0.2, 0.25) is 0 Å². The molecular weight excluding hydrogens is 813 g/mol. The van der Waals surface area contributed by atoms with E-state index in [-0.39, 0.29) is 19.4 Å². The molecule has 0 saturated carbocycles. The smallest absolute Gasteiger partial charge is 0.306 e. The minimum atomic E-state index is -4.62. The van der Waals surface area contributed by atoms with E-state index < -0.39 is 71.2 Å². The third-order valence-corrected chi connectivity index (χ3v) is 10.7. The Morgan fingerprint density at radius 3 is 1.53 bits per heavy atom. The number of carbonyl (C=O) groups excluding carboxylic acids is 2. The Hall–Kier alpha value is -3.17. The number of aliphatic hydroxyl groups excluding tert-OH is 3. The first-order chi connectivity index (χ1) is 30.0. The van der Waals surface area contributed by atoms with Crippen LogP contribution in [0.3, 0.4) is 0 Å². The predicted molar refractivity (Wildman–Crippen MR) is 247 cm³/mol. The summed E-state index contributed by atoms with van der Waals surface area (Å²) in [5.74, 6) is -2.16. The number of aliphatic hydroxyl groups is 3. The highest BCUT2D eigenvalue weighted by Crippen LogP contribution is 2.24. The number of allylic oxidation sites excluding steroid dienone is 14. The van der Waals surface area contributed by atoms with Gasteiger partial charge in [-0.2, -0.15) is 8.42 Å². The van der Waals surface area contributed by atoms with E-state index >= 15 is 0 Å². The van der Waals surface area contributed by atoms with E-state index in [1.807, 2.05) is 18.2 Å². The Bertz CT molecular complexity index is 1460. The average Bonchev–Trinajstić information content (AvgIpc) is 3.24. The SMILES string of the molecule is CC/C=C/C/C=C/C/C=C/C/C=C/C/C=C/C/C=C/CCC(=O)OC[C@H](CO[C@H]1O[C@H](CS(=O)(=O)O)[C@@H](O)C(O)C1O)OC(=O)CC/C=C/CCCCCCCCCCCCC. The van der Waals surface area contributed by atoms with Gasteiger partial charge in [-0.3, -0.25) is 14.1 Å². The molecule has 2 unspecified atom stereocenters. The normalized spacial score (nSPS) is 20.6. The summed E-state index contributed by atoms with van der Waals surface area (Å²) in [6.45, 7) is 3.54. The van der Waals surface area contributed by atoms with Crippen molar-refractivity contribution < 1.29 is 56.8 Å². The zero-order chi connectivity index (χ0) is 45.5. The second-order valence-corrected chi connectivity index (χ2v) is 17.2. The molecule has 0 aromatic carbocycles. The van der Waals surface area contributed by atoms with Gasteiger partial charge in [-0.15, -0.1) is 0 Å². The second-order valence-electron chi connectivity index (χ2n) is 15.7. The molecule has 1 fully saturated rings. The van der Waals surface area contributed by atoms with Crippen LogP contribution in [0.1, 0.15) is 155 Å². The summed E-state index contributed by atoms with van der Waals surface area (Å²) in [6.07, 6.45) is 40.8. The highest BCUT2D eigenvalue weighted by atomic mass is 32.2. The summed E-state index contributed by atoms with van der Waals surface area (Å²) in [5.41, 5.74) is 0. The van der Waals surface area contributed by atoms with Crippen molar-refractivity contribution in [2.75, 3.05) is 19.0 Å². The second kappa shape index (κ2) is 38.3. The molecule has 0 bridgehead atoms. The Kier molecular flexibility index (Phi) is 35.1. The van der Waals surface area contributed by atoms with Crippen molar-refractivity contribution in [3.63, 3.8) is 0 Å². The fourth-order valence-electron chi connectivity index (χ4n) is 6.42. The molecule has 0 spiro atoms. The van der Waals surface area contributed by atoms with Gasteiger partial charge < -0.3 is 34.3 Å². The molecule has 12 nitrogen and oxygen atoms in total. The zero-order valence-corrected chi connectivity index (χ0v) is 38.5. The number of rotatable bonds is 37. The standard InChI is InChI=1S/C49H80O12S/c1-3-5-7-9-11-13-15-17-19-20-21-22-24-25-27-29-31-33-35-37-44(50)58-39-42(40-59-49-48(54)47(53)46(52)43(61-49)41-62(55,56)57)60-45(51)38-36-34-32-30-28-26-23-18-16-14-12-10-8-6-4-2/h5,7,11,13,17,19,21-22,25,27,31-34,42-43,46-49,52-54H,3-4,6,8-10,12,14-16,18,20,23-24,26,28-30,35-41H2,1-2H3,(H,55,56,57)/b7-5+,13-11+,19-17+,22-21+,27-25+,33-31+,34-32+/t42-,43-,46-,47?,48?,49+/m1/s1. The first-order valence-corrected chi connectivity index (χ1v) is 24.8. The summed E-state index contributed by atoms with van der Waals surface area (Å²) in [5, 5.41) is 30.9. The topological polar surface area (TPSA) is 186 Å². The number of ether oxygens (including phenoxy) is 4. The molecule has 354 valence electrons. The van der Waals surface area contributed by atoms with Crippen LogP contribution in [0, 0.1) is 0 Å². The van der Waals surface area contributed by atoms with E-state index in [0.717, 1.165) is 51.4 Å². The molecule has 13 heteroatoms. The van der Waals surface area contributed by atoms with Gasteiger partial charge in [0, 0.05) is 12.8 Å². The maximum Gasteiger partial charge on any atom is 0.306 e. The molecule has 0 aliphatic carbocycles. The van der Waals surface area contributed by atoms with Crippen molar-refractivity contribution in [1.82, 2.24) is 0 Å². The van der Waals surface area contributed by atoms with Crippen LogP contribution in [-0.4, -0.2) is 96.0 Å². The maximum atomic E-state index is 12.8. The highest BCUT2D eigenvalue weighted by molar-refractivity contribution is 7.85. The quantitative estimate of drug-likeness (QED) is 0.0201. The van der Waals surface area contributed by atoms with E-state index in [0.29, 0.717) is 12.8 Å². The minimum Gasteiger partial charge on any atom is -0.462 e. The van der Waals surface area contributed by atoms with Gasteiger partial charge in [0.05, 0.1) is 6.61 Å². The first-order valence-electron chi connectivity index (χ1n) is 23.1. The number of unbranched alkanes of at least 4 members (excludes halogenated alkanes) is 11. The van der Waals surface area contributed by atoms with E-state index in [4.69, 9.17) is 18.9 Å². The number of carbonyl (C=O) groups is 2. The molecule has 0 aromatic rings. The molecule has 1 heterocycles. The Labute approximate surface area is 373 Å². The number of hydrogen-bond acceptors (Lipinski definition) is 11. The van der Waals surface area contributed by atoms with Gasteiger partial charge >= 0.3 is 11.9 Å². The van der Waals surface area contributed by atoms with Crippen molar-refractivity contribution in [2.45, 2.75) is 192 Å². The molecule has 0 aromatic heterocycles. The number of hydrogen-bond donors (Lipinski definition) is 4. The van der Waals surface area contributed by atoms with Crippen LogP contribution in [0.15, 0.2) is 85.1 Å². The van der Waals surface area contributed by atoms with Gasteiger partial charge in [0.25, 0.3) is 10.1 Å². The molecule has 0 radical (unpaired) electrons. The van der Waals surface area contributed by atoms with Crippen LogP contribution >= 0.6 is 0 Å². The van der Waals surface area contributed by atoms with Crippen molar-refractivity contribution in [2.24, 2.45) is 0 Å². The molecule has 1 rings (SSSR count). The van der Waals surface area contributed by atoms with Crippen LogP contribution in [-0.2, 0) is 38.7 Å². The van der Waals surface area contributed by atoms with Crippen molar-refractivity contribution in [3.05, 3.63) is 85.1 Å². The van der Waals surface area contributed by atoms with Crippen LogP contribution < -0.4 is 0 Å². The molecule has 4 N–H and O–H groups in total. The Balaban J connectivity index is 2.51. The lowest BCUT2D eigenvalue weighted by molar-refractivity contribution is -0.297. The summed E-state index contributed by atoms with van der Waals surface area (Å²) >= 11 is 0. The third-order valence-electron chi connectivity index (χ3n) is 9.99. The lowest BCUT2D eigenvalue weighted by Crippen LogP contribution is -2.60. The third kappa shape index (κ3) is 32.5. The van der Waals surface area contributed by atoms with Gasteiger partial charge in [-0.1, -0.05) is 163 Å². The van der Waals surface area contributed by atoms with Gasteiger partial charge in [0.2, 0.25) is 0 Å². The lowest BCUT2D eigenvalue weighted by Gasteiger charge is -2.40. The molecular formula is C49H80O12S. The van der Waals surface area contributed by atoms with Gasteiger partial charge in [-0.25, -0.2) is 0 Å². The molecule has 1 aliphatic rings. The monoisotopic (exact) mass is 893 g/mol. The summed E-state index contributed by atoms with van der Waals surface area (Å²) in [6, 6.07) is 0. The van der Waals surface area contributed by atoms with Crippen LogP contribution in [0.5, 0.6) is 0 Å². The largest absolute Gasteiger partial charge is 0.462 e. The molecule has 6 atom stereocenters. The van der Waals surface area contributed by atoms with Crippen molar-refractivity contribution in [3.8, 4) is 0 Å². The summed E-state index contributed by atoms with van der Waals surface area (Å²) < 4.78 is 53.9. The molecule has 1 aliphatic heterocycles. The molecule has 1 saturated heterocycles. The lowest BCUT2D eigenvalue weighted by atomic mass is 10.00. The van der Waals surface area contributed by atoms with Gasteiger partial charge in [0.15, 0.2) is 12.4 Å². The summed E-state index contributed by atoms with van der Waals surface area (Å²) in [4.78, 5) is 25.4.